The van der Waals surface area contributed by atoms with Gasteiger partial charge in [-0.1, -0.05) is 0 Å². The summed E-state index contributed by atoms with van der Waals surface area (Å²) in [5.74, 6) is -0.457. The quantitative estimate of drug-likeness (QED) is 0.899. The Morgan fingerprint density at radius 1 is 1.43 bits per heavy atom. The fourth-order valence-corrected chi connectivity index (χ4v) is 2.37. The van der Waals surface area contributed by atoms with E-state index in [0.29, 0.717) is 0 Å². The Labute approximate surface area is 120 Å². The first kappa shape index (κ1) is 15.6. The first-order valence-corrected chi connectivity index (χ1v) is 6.50. The van der Waals surface area contributed by atoms with E-state index in [1.54, 1.807) is 6.92 Å². The number of carbonyl (C=O) groups excluding carboxylic acids is 1. The van der Waals surface area contributed by atoms with Crippen LogP contribution in [0, 0.1) is 0 Å². The van der Waals surface area contributed by atoms with Crippen molar-refractivity contribution in [2.45, 2.75) is 19.1 Å². The largest absolute Gasteiger partial charge is 0.506 e. The molecule has 1 aromatic rings. The van der Waals surface area contributed by atoms with Gasteiger partial charge in [-0.2, -0.15) is 13.2 Å². The maximum atomic E-state index is 12.4. The van der Waals surface area contributed by atoms with Crippen LogP contribution in [0.1, 0.15) is 17.3 Å². The standard InChI is InChI=1S/C13H16F3N3O2/c1-9-7-18(2-3-19(9)8-13(14,15)16)12(21)10-4-11(20)6-17-5-10/h4-6,9,20H,2-3,7-8H2,1H3/t9-/m1/s1. The van der Waals surface area contributed by atoms with Crippen LogP contribution < -0.4 is 0 Å². The van der Waals surface area contributed by atoms with Crippen LogP contribution in [0.3, 0.4) is 0 Å². The summed E-state index contributed by atoms with van der Waals surface area (Å²) in [5, 5.41) is 9.32. The third kappa shape index (κ3) is 4.07. The van der Waals surface area contributed by atoms with Gasteiger partial charge in [0.25, 0.3) is 5.91 Å². The molecule has 1 N–H and O–H groups in total. The van der Waals surface area contributed by atoms with E-state index < -0.39 is 12.7 Å². The van der Waals surface area contributed by atoms with Crippen LogP contribution in [-0.4, -0.2) is 64.2 Å². The van der Waals surface area contributed by atoms with Gasteiger partial charge in [-0.25, -0.2) is 0 Å². The lowest BCUT2D eigenvalue weighted by Gasteiger charge is -2.40. The Bertz CT molecular complexity index is 522. The fraction of sp³-hybridized carbons (Fsp3) is 0.538. The summed E-state index contributed by atoms with van der Waals surface area (Å²) in [6.07, 6.45) is -1.70. The van der Waals surface area contributed by atoms with Crippen molar-refractivity contribution in [3.05, 3.63) is 24.0 Å². The third-order valence-electron chi connectivity index (χ3n) is 3.41. The van der Waals surface area contributed by atoms with Crippen LogP contribution in [0.5, 0.6) is 5.75 Å². The summed E-state index contributed by atoms with van der Waals surface area (Å²) in [5.41, 5.74) is 0.228. The van der Waals surface area contributed by atoms with Gasteiger partial charge in [-0.05, 0) is 13.0 Å². The van der Waals surface area contributed by atoms with Crippen molar-refractivity contribution in [3.63, 3.8) is 0 Å². The van der Waals surface area contributed by atoms with Crippen molar-refractivity contribution in [1.82, 2.24) is 14.8 Å². The number of pyridine rings is 1. The van der Waals surface area contributed by atoms with Crippen LogP contribution in [0.15, 0.2) is 18.5 Å². The molecule has 0 aromatic carbocycles. The van der Waals surface area contributed by atoms with Crippen molar-refractivity contribution >= 4 is 5.91 Å². The number of hydrogen-bond acceptors (Lipinski definition) is 4. The Kier molecular flexibility index (Phi) is 4.36. The summed E-state index contributed by atoms with van der Waals surface area (Å²) in [4.78, 5) is 18.7. The minimum atomic E-state index is -4.24. The number of alkyl halides is 3. The maximum absolute atomic E-state index is 12.4. The first-order valence-electron chi connectivity index (χ1n) is 6.50. The summed E-state index contributed by atoms with van der Waals surface area (Å²) < 4.78 is 37.3. The lowest BCUT2D eigenvalue weighted by atomic mass is 10.1. The predicted molar refractivity (Wildman–Crippen MR) is 68.9 cm³/mol. The van der Waals surface area contributed by atoms with Crippen LogP contribution in [0.25, 0.3) is 0 Å². The van der Waals surface area contributed by atoms with Gasteiger partial charge in [0, 0.05) is 31.9 Å². The molecule has 1 amide bonds. The monoisotopic (exact) mass is 303 g/mol. The number of nitrogens with zero attached hydrogens (tertiary/aromatic N) is 3. The maximum Gasteiger partial charge on any atom is 0.401 e. The summed E-state index contributed by atoms with van der Waals surface area (Å²) in [6, 6.07) is 0.914. The van der Waals surface area contributed by atoms with E-state index in [0.717, 1.165) is 0 Å². The van der Waals surface area contributed by atoms with Gasteiger partial charge in [0.2, 0.25) is 0 Å². The molecule has 8 heteroatoms. The Hall–Kier alpha value is -1.83. The molecule has 1 aliphatic rings. The second kappa shape index (κ2) is 5.88. The zero-order chi connectivity index (χ0) is 15.6. The Morgan fingerprint density at radius 2 is 2.14 bits per heavy atom. The molecule has 0 radical (unpaired) electrons. The number of amides is 1. The molecule has 1 saturated heterocycles. The summed E-state index contributed by atoms with van der Waals surface area (Å²) in [6.45, 7) is 1.29. The van der Waals surface area contributed by atoms with E-state index in [1.807, 2.05) is 0 Å². The molecule has 0 bridgehead atoms. The summed E-state index contributed by atoms with van der Waals surface area (Å²) >= 11 is 0. The van der Waals surface area contributed by atoms with Crippen LogP contribution in [0.4, 0.5) is 13.2 Å². The SMILES string of the molecule is C[C@@H]1CN(C(=O)c2cncc(O)c2)CCN1CC(F)(F)F. The van der Waals surface area contributed by atoms with E-state index in [9.17, 15) is 23.1 Å². The van der Waals surface area contributed by atoms with Gasteiger partial charge in [-0.3, -0.25) is 14.7 Å². The van der Waals surface area contributed by atoms with Gasteiger partial charge in [0.05, 0.1) is 18.3 Å². The van der Waals surface area contributed by atoms with Crippen molar-refractivity contribution in [3.8, 4) is 5.75 Å². The van der Waals surface area contributed by atoms with Gasteiger partial charge in [-0.15, -0.1) is 0 Å². The molecule has 1 atom stereocenters. The topological polar surface area (TPSA) is 56.7 Å². The van der Waals surface area contributed by atoms with Gasteiger partial charge < -0.3 is 10.0 Å². The molecule has 1 aliphatic heterocycles. The predicted octanol–water partition coefficient (Wildman–Crippen LogP) is 1.50. The molecule has 21 heavy (non-hydrogen) atoms. The molecule has 0 unspecified atom stereocenters. The normalized spacial score (nSPS) is 20.6. The molecule has 0 saturated carbocycles. The highest BCUT2D eigenvalue weighted by molar-refractivity contribution is 5.94. The van der Waals surface area contributed by atoms with Gasteiger partial charge in [0.1, 0.15) is 5.75 Å². The average Bonchev–Trinajstić information content (AvgIpc) is 2.39. The number of rotatable bonds is 2. The van der Waals surface area contributed by atoms with Crippen molar-refractivity contribution in [1.29, 1.82) is 0 Å². The minimum absolute atomic E-state index is 0.121. The second-order valence-corrected chi connectivity index (χ2v) is 5.12. The van der Waals surface area contributed by atoms with Crippen LogP contribution in [-0.2, 0) is 0 Å². The van der Waals surface area contributed by atoms with E-state index in [-0.39, 0.29) is 42.9 Å². The number of piperazine rings is 1. The van der Waals surface area contributed by atoms with Gasteiger partial charge in [0.15, 0.2) is 0 Å². The number of halogens is 3. The van der Waals surface area contributed by atoms with Gasteiger partial charge >= 0.3 is 6.18 Å². The van der Waals surface area contributed by atoms with E-state index in [4.69, 9.17) is 0 Å². The van der Waals surface area contributed by atoms with E-state index in [2.05, 4.69) is 4.98 Å². The molecule has 0 spiro atoms. The summed E-state index contributed by atoms with van der Waals surface area (Å²) in [7, 11) is 0. The molecular formula is C13H16F3N3O2. The second-order valence-electron chi connectivity index (χ2n) is 5.12. The molecule has 2 rings (SSSR count). The first-order chi connectivity index (χ1) is 9.76. The highest BCUT2D eigenvalue weighted by Crippen LogP contribution is 2.21. The molecule has 0 aliphatic carbocycles. The molecule has 1 aromatic heterocycles. The van der Waals surface area contributed by atoms with E-state index >= 15 is 0 Å². The van der Waals surface area contributed by atoms with Crippen molar-refractivity contribution in [2.75, 3.05) is 26.2 Å². The van der Waals surface area contributed by atoms with Crippen LogP contribution >= 0.6 is 0 Å². The molecular weight excluding hydrogens is 287 g/mol. The molecule has 5 nitrogen and oxygen atoms in total. The minimum Gasteiger partial charge on any atom is -0.506 e. The molecule has 116 valence electrons. The Balaban J connectivity index is 2.00. The lowest BCUT2D eigenvalue weighted by Crippen LogP contribution is -2.55. The smallest absolute Gasteiger partial charge is 0.401 e. The third-order valence-corrected chi connectivity index (χ3v) is 3.41. The number of hydrogen-bond donors (Lipinski definition) is 1. The number of aromatic hydroxyl groups is 1. The molecule has 1 fully saturated rings. The zero-order valence-corrected chi connectivity index (χ0v) is 11.5. The molecule has 2 heterocycles. The lowest BCUT2D eigenvalue weighted by molar-refractivity contribution is -0.153. The average molecular weight is 303 g/mol. The number of carbonyl (C=O) groups is 1. The van der Waals surface area contributed by atoms with E-state index in [1.165, 1.54) is 28.3 Å². The highest BCUT2D eigenvalue weighted by Gasteiger charge is 2.36. The van der Waals surface area contributed by atoms with Crippen molar-refractivity contribution < 1.29 is 23.1 Å². The zero-order valence-electron chi connectivity index (χ0n) is 11.5. The Morgan fingerprint density at radius 3 is 2.71 bits per heavy atom. The van der Waals surface area contributed by atoms with Crippen molar-refractivity contribution in [2.24, 2.45) is 0 Å². The highest BCUT2D eigenvalue weighted by atomic mass is 19.4. The van der Waals surface area contributed by atoms with Crippen LogP contribution in [0.2, 0.25) is 0 Å². The number of aromatic nitrogens is 1. The fourth-order valence-electron chi connectivity index (χ4n) is 2.37.